The van der Waals surface area contributed by atoms with Crippen LogP contribution in [-0.2, 0) is 4.79 Å². The van der Waals surface area contributed by atoms with E-state index in [1.807, 2.05) is 0 Å². The third-order valence-electron chi connectivity index (χ3n) is 2.33. The molecule has 1 aromatic rings. The Bertz CT molecular complexity index is 309. The standard InChI is InChI=1S/C9H10N2O2/c12-9(13)8(6-1-2-6)7-3-4-10-11-5-7/h3-6,8H,1-2H2,(H,12,13). The lowest BCUT2D eigenvalue weighted by molar-refractivity contribution is -0.139. The summed E-state index contributed by atoms with van der Waals surface area (Å²) in [6.45, 7) is 0. The first-order chi connectivity index (χ1) is 6.29. The van der Waals surface area contributed by atoms with E-state index >= 15 is 0 Å². The van der Waals surface area contributed by atoms with Crippen LogP contribution in [0.15, 0.2) is 18.5 Å². The van der Waals surface area contributed by atoms with E-state index in [0.29, 0.717) is 5.92 Å². The van der Waals surface area contributed by atoms with Gasteiger partial charge in [-0.3, -0.25) is 4.79 Å². The first-order valence-corrected chi connectivity index (χ1v) is 4.28. The number of aromatic nitrogens is 2. The van der Waals surface area contributed by atoms with Crippen LogP contribution in [0.5, 0.6) is 0 Å². The number of carbonyl (C=O) groups is 1. The number of rotatable bonds is 3. The SMILES string of the molecule is O=C(O)C(c1ccnnc1)C1CC1. The van der Waals surface area contributed by atoms with Crippen molar-refractivity contribution in [3.05, 3.63) is 24.0 Å². The zero-order chi connectivity index (χ0) is 9.26. The maximum absolute atomic E-state index is 10.9. The van der Waals surface area contributed by atoms with Crippen LogP contribution in [0, 0.1) is 5.92 Å². The van der Waals surface area contributed by atoms with Gasteiger partial charge >= 0.3 is 5.97 Å². The molecule has 0 bridgehead atoms. The first kappa shape index (κ1) is 8.16. The third kappa shape index (κ3) is 1.66. The van der Waals surface area contributed by atoms with Crippen LogP contribution in [0.2, 0.25) is 0 Å². The van der Waals surface area contributed by atoms with Crippen molar-refractivity contribution in [2.45, 2.75) is 18.8 Å². The second-order valence-electron chi connectivity index (χ2n) is 3.33. The fourth-order valence-electron chi connectivity index (χ4n) is 1.53. The maximum Gasteiger partial charge on any atom is 0.311 e. The molecular formula is C9H10N2O2. The Morgan fingerprint density at radius 1 is 1.54 bits per heavy atom. The summed E-state index contributed by atoms with van der Waals surface area (Å²) in [5, 5.41) is 16.3. The second kappa shape index (κ2) is 3.12. The Morgan fingerprint density at radius 2 is 2.31 bits per heavy atom. The highest BCUT2D eigenvalue weighted by Crippen LogP contribution is 2.42. The molecule has 1 aromatic heterocycles. The van der Waals surface area contributed by atoms with Gasteiger partial charge in [0.15, 0.2) is 0 Å². The minimum Gasteiger partial charge on any atom is -0.481 e. The molecule has 4 nitrogen and oxygen atoms in total. The molecule has 1 atom stereocenters. The molecule has 1 unspecified atom stereocenters. The third-order valence-corrected chi connectivity index (χ3v) is 2.33. The van der Waals surface area contributed by atoms with Gasteiger partial charge in [-0.25, -0.2) is 0 Å². The topological polar surface area (TPSA) is 63.1 Å². The van der Waals surface area contributed by atoms with Crippen molar-refractivity contribution in [1.29, 1.82) is 0 Å². The summed E-state index contributed by atoms with van der Waals surface area (Å²) in [5.74, 6) is -0.826. The summed E-state index contributed by atoms with van der Waals surface area (Å²) < 4.78 is 0. The molecule has 0 aromatic carbocycles. The van der Waals surface area contributed by atoms with Gasteiger partial charge in [0, 0.05) is 6.20 Å². The average Bonchev–Trinajstić information content (AvgIpc) is 2.90. The highest BCUT2D eigenvalue weighted by Gasteiger charge is 2.37. The lowest BCUT2D eigenvalue weighted by atomic mass is 9.96. The van der Waals surface area contributed by atoms with E-state index in [1.54, 1.807) is 6.07 Å². The van der Waals surface area contributed by atoms with Crippen LogP contribution >= 0.6 is 0 Å². The molecule has 0 radical (unpaired) electrons. The van der Waals surface area contributed by atoms with Crippen molar-refractivity contribution in [2.75, 3.05) is 0 Å². The Labute approximate surface area is 75.6 Å². The molecule has 1 saturated carbocycles. The monoisotopic (exact) mass is 178 g/mol. The van der Waals surface area contributed by atoms with Crippen LogP contribution in [-0.4, -0.2) is 21.3 Å². The van der Waals surface area contributed by atoms with Crippen LogP contribution in [0.3, 0.4) is 0 Å². The minimum absolute atomic E-state index is 0.307. The van der Waals surface area contributed by atoms with E-state index in [0.717, 1.165) is 18.4 Å². The molecule has 4 heteroatoms. The molecule has 0 spiro atoms. The lowest BCUT2D eigenvalue weighted by Gasteiger charge is -2.09. The lowest BCUT2D eigenvalue weighted by Crippen LogP contribution is -2.13. The number of nitrogens with zero attached hydrogens (tertiary/aromatic N) is 2. The smallest absolute Gasteiger partial charge is 0.311 e. The number of carboxylic acid groups (broad SMARTS) is 1. The number of aliphatic carboxylic acids is 1. The number of hydrogen-bond donors (Lipinski definition) is 1. The predicted octanol–water partition coefficient (Wildman–Crippen LogP) is 1.05. The summed E-state index contributed by atoms with van der Waals surface area (Å²) in [7, 11) is 0. The van der Waals surface area contributed by atoms with Crippen molar-refractivity contribution < 1.29 is 9.90 Å². The zero-order valence-electron chi connectivity index (χ0n) is 7.05. The molecule has 1 heterocycles. The number of carboxylic acids is 1. The van der Waals surface area contributed by atoms with E-state index in [1.165, 1.54) is 12.4 Å². The average molecular weight is 178 g/mol. The minimum atomic E-state index is -0.754. The normalized spacial score (nSPS) is 18.2. The molecular weight excluding hydrogens is 168 g/mol. The summed E-state index contributed by atoms with van der Waals surface area (Å²) in [4.78, 5) is 10.9. The fourth-order valence-corrected chi connectivity index (χ4v) is 1.53. The summed E-state index contributed by atoms with van der Waals surface area (Å²) in [6.07, 6.45) is 5.10. The van der Waals surface area contributed by atoms with Gasteiger partial charge < -0.3 is 5.11 Å². The van der Waals surface area contributed by atoms with E-state index < -0.39 is 5.97 Å². The zero-order valence-corrected chi connectivity index (χ0v) is 7.05. The highest BCUT2D eigenvalue weighted by atomic mass is 16.4. The van der Waals surface area contributed by atoms with Crippen LogP contribution in [0.1, 0.15) is 24.3 Å². The Balaban J connectivity index is 2.25. The molecule has 1 fully saturated rings. The van der Waals surface area contributed by atoms with Gasteiger partial charge in [-0.2, -0.15) is 10.2 Å². The van der Waals surface area contributed by atoms with Gasteiger partial charge in [0.1, 0.15) is 0 Å². The van der Waals surface area contributed by atoms with Gasteiger partial charge in [-0.05, 0) is 30.4 Å². The summed E-state index contributed by atoms with van der Waals surface area (Å²) in [5.41, 5.74) is 0.769. The molecule has 1 N–H and O–H groups in total. The van der Waals surface area contributed by atoms with Crippen molar-refractivity contribution in [1.82, 2.24) is 10.2 Å². The molecule has 13 heavy (non-hydrogen) atoms. The van der Waals surface area contributed by atoms with E-state index in [9.17, 15) is 4.79 Å². The highest BCUT2D eigenvalue weighted by molar-refractivity contribution is 5.76. The first-order valence-electron chi connectivity index (χ1n) is 4.28. The van der Waals surface area contributed by atoms with Gasteiger partial charge in [0.2, 0.25) is 0 Å². The quantitative estimate of drug-likeness (QED) is 0.751. The van der Waals surface area contributed by atoms with E-state index in [-0.39, 0.29) is 5.92 Å². The van der Waals surface area contributed by atoms with Crippen LogP contribution in [0.4, 0.5) is 0 Å². The summed E-state index contributed by atoms with van der Waals surface area (Å²) >= 11 is 0. The van der Waals surface area contributed by atoms with Crippen molar-refractivity contribution in [3.8, 4) is 0 Å². The molecule has 0 amide bonds. The van der Waals surface area contributed by atoms with Crippen LogP contribution < -0.4 is 0 Å². The van der Waals surface area contributed by atoms with Crippen molar-refractivity contribution in [2.24, 2.45) is 5.92 Å². The molecule has 2 rings (SSSR count). The van der Waals surface area contributed by atoms with Gasteiger partial charge in [-0.15, -0.1) is 0 Å². The fraction of sp³-hybridized carbons (Fsp3) is 0.444. The number of hydrogen-bond acceptors (Lipinski definition) is 3. The molecule has 0 aliphatic heterocycles. The Kier molecular flexibility index (Phi) is 1.96. The summed E-state index contributed by atoms with van der Waals surface area (Å²) in [6, 6.07) is 1.73. The molecule has 1 aliphatic rings. The Hall–Kier alpha value is -1.45. The molecule has 1 aliphatic carbocycles. The maximum atomic E-state index is 10.9. The van der Waals surface area contributed by atoms with Crippen molar-refractivity contribution in [3.63, 3.8) is 0 Å². The molecule has 68 valence electrons. The predicted molar refractivity (Wildman–Crippen MR) is 45.1 cm³/mol. The Morgan fingerprint density at radius 3 is 2.77 bits per heavy atom. The van der Waals surface area contributed by atoms with Gasteiger partial charge in [0.25, 0.3) is 0 Å². The van der Waals surface area contributed by atoms with Gasteiger partial charge in [-0.1, -0.05) is 0 Å². The largest absolute Gasteiger partial charge is 0.481 e. The van der Waals surface area contributed by atoms with Crippen LogP contribution in [0.25, 0.3) is 0 Å². The van der Waals surface area contributed by atoms with Crippen molar-refractivity contribution >= 4 is 5.97 Å². The second-order valence-corrected chi connectivity index (χ2v) is 3.33. The van der Waals surface area contributed by atoms with E-state index in [4.69, 9.17) is 5.11 Å². The molecule has 0 saturated heterocycles. The van der Waals surface area contributed by atoms with Gasteiger partial charge in [0.05, 0.1) is 12.1 Å². The van der Waals surface area contributed by atoms with E-state index in [2.05, 4.69) is 10.2 Å².